The molecule has 0 atom stereocenters. The standard InChI is InChI=1S/C21H18N4O2/c1-3-26-20-12-15(5-7-19(20)27-9-8-22)11-16(13-23)21-24-17-6-4-14(2)10-18(17)25-21/h4-7,10-12H,3,9H2,1-2H3,(H,24,25). The third-order valence-corrected chi connectivity index (χ3v) is 3.88. The van der Waals surface area contributed by atoms with E-state index in [1.807, 2.05) is 38.1 Å². The molecule has 0 unspecified atom stereocenters. The lowest BCUT2D eigenvalue weighted by atomic mass is 10.1. The lowest BCUT2D eigenvalue weighted by molar-refractivity contribution is 0.298. The van der Waals surface area contributed by atoms with Crippen LogP contribution in [0.5, 0.6) is 11.5 Å². The van der Waals surface area contributed by atoms with Crippen LogP contribution in [0.2, 0.25) is 0 Å². The van der Waals surface area contributed by atoms with Gasteiger partial charge in [-0.1, -0.05) is 12.1 Å². The Morgan fingerprint density at radius 2 is 2.00 bits per heavy atom. The first-order valence-corrected chi connectivity index (χ1v) is 8.49. The van der Waals surface area contributed by atoms with Crippen molar-refractivity contribution in [3.63, 3.8) is 0 Å². The smallest absolute Gasteiger partial charge is 0.174 e. The molecule has 0 spiro atoms. The van der Waals surface area contributed by atoms with Crippen molar-refractivity contribution in [1.29, 1.82) is 10.5 Å². The molecule has 0 bridgehead atoms. The van der Waals surface area contributed by atoms with Crippen molar-refractivity contribution in [3.05, 3.63) is 53.3 Å². The van der Waals surface area contributed by atoms with E-state index in [0.29, 0.717) is 29.5 Å². The molecule has 0 aliphatic carbocycles. The fourth-order valence-electron chi connectivity index (χ4n) is 2.68. The molecule has 1 heterocycles. The predicted octanol–water partition coefficient (Wildman–Crippen LogP) is 4.24. The van der Waals surface area contributed by atoms with Gasteiger partial charge < -0.3 is 14.5 Å². The summed E-state index contributed by atoms with van der Waals surface area (Å²) in [7, 11) is 0. The normalized spacial score (nSPS) is 11.0. The molecule has 0 aliphatic rings. The number of rotatable bonds is 6. The topological polar surface area (TPSA) is 94.7 Å². The van der Waals surface area contributed by atoms with Crippen molar-refractivity contribution in [2.45, 2.75) is 13.8 Å². The molecular formula is C21H18N4O2. The molecule has 0 aliphatic heterocycles. The quantitative estimate of drug-likeness (QED) is 0.665. The van der Waals surface area contributed by atoms with Gasteiger partial charge in [0.25, 0.3) is 0 Å². The first-order chi connectivity index (χ1) is 13.1. The summed E-state index contributed by atoms with van der Waals surface area (Å²) in [4.78, 5) is 7.69. The number of aryl methyl sites for hydroxylation is 1. The zero-order valence-electron chi connectivity index (χ0n) is 15.1. The second kappa shape index (κ2) is 8.07. The number of nitrogens with one attached hydrogen (secondary N) is 1. The molecule has 1 N–H and O–H groups in total. The maximum Gasteiger partial charge on any atom is 0.174 e. The maximum atomic E-state index is 9.59. The van der Waals surface area contributed by atoms with Gasteiger partial charge in [0.05, 0.1) is 23.2 Å². The Kier molecular flexibility index (Phi) is 5.39. The van der Waals surface area contributed by atoms with Gasteiger partial charge in [0, 0.05) is 0 Å². The Morgan fingerprint density at radius 1 is 1.15 bits per heavy atom. The van der Waals surface area contributed by atoms with Crippen LogP contribution < -0.4 is 9.47 Å². The van der Waals surface area contributed by atoms with E-state index >= 15 is 0 Å². The summed E-state index contributed by atoms with van der Waals surface area (Å²) in [5, 5.41) is 18.3. The highest BCUT2D eigenvalue weighted by Gasteiger charge is 2.10. The van der Waals surface area contributed by atoms with Crippen molar-refractivity contribution < 1.29 is 9.47 Å². The fourth-order valence-corrected chi connectivity index (χ4v) is 2.68. The third-order valence-electron chi connectivity index (χ3n) is 3.88. The van der Waals surface area contributed by atoms with Crippen LogP contribution in [0.4, 0.5) is 0 Å². The molecule has 0 saturated carbocycles. The van der Waals surface area contributed by atoms with Crippen molar-refractivity contribution >= 4 is 22.7 Å². The molecule has 1 aromatic heterocycles. The summed E-state index contributed by atoms with van der Waals surface area (Å²) < 4.78 is 11.0. The number of benzene rings is 2. The van der Waals surface area contributed by atoms with Gasteiger partial charge in [-0.3, -0.25) is 0 Å². The Bertz CT molecular complexity index is 1080. The number of H-pyrrole nitrogens is 1. The molecule has 27 heavy (non-hydrogen) atoms. The average Bonchev–Trinajstić information content (AvgIpc) is 3.08. The van der Waals surface area contributed by atoms with Crippen LogP contribution >= 0.6 is 0 Å². The van der Waals surface area contributed by atoms with Gasteiger partial charge in [-0.15, -0.1) is 0 Å². The van der Waals surface area contributed by atoms with Crippen LogP contribution in [0.3, 0.4) is 0 Å². The maximum absolute atomic E-state index is 9.59. The SMILES string of the molecule is CCOc1cc(C=C(C#N)c2nc3ccc(C)cc3[nH]2)ccc1OCC#N. The predicted molar refractivity (Wildman–Crippen MR) is 103 cm³/mol. The second-order valence-corrected chi connectivity index (χ2v) is 5.86. The van der Waals surface area contributed by atoms with E-state index in [0.717, 1.165) is 22.2 Å². The van der Waals surface area contributed by atoms with E-state index in [2.05, 4.69) is 16.0 Å². The van der Waals surface area contributed by atoms with Gasteiger partial charge in [0.15, 0.2) is 18.1 Å². The number of aromatic amines is 1. The summed E-state index contributed by atoms with van der Waals surface area (Å²) in [6.45, 7) is 4.28. The number of hydrogen-bond donors (Lipinski definition) is 1. The number of allylic oxidation sites excluding steroid dienone is 1. The fraction of sp³-hybridized carbons (Fsp3) is 0.190. The summed E-state index contributed by atoms with van der Waals surface area (Å²) in [6.07, 6.45) is 1.74. The zero-order chi connectivity index (χ0) is 19.2. The Balaban J connectivity index is 1.98. The number of imidazole rings is 1. The van der Waals surface area contributed by atoms with Crippen LogP contribution in [0.25, 0.3) is 22.7 Å². The molecular weight excluding hydrogens is 340 g/mol. The lowest BCUT2D eigenvalue weighted by Gasteiger charge is -2.10. The highest BCUT2D eigenvalue weighted by molar-refractivity contribution is 5.90. The number of nitriles is 2. The van der Waals surface area contributed by atoms with E-state index in [9.17, 15) is 5.26 Å². The molecule has 3 rings (SSSR count). The monoisotopic (exact) mass is 358 g/mol. The van der Waals surface area contributed by atoms with Crippen LogP contribution in [0.1, 0.15) is 23.9 Å². The minimum Gasteiger partial charge on any atom is -0.490 e. The van der Waals surface area contributed by atoms with Crippen molar-refractivity contribution in [3.8, 4) is 23.6 Å². The molecule has 3 aromatic rings. The molecule has 6 nitrogen and oxygen atoms in total. The van der Waals surface area contributed by atoms with Gasteiger partial charge >= 0.3 is 0 Å². The highest BCUT2D eigenvalue weighted by atomic mass is 16.5. The summed E-state index contributed by atoms with van der Waals surface area (Å²) in [6, 6.07) is 15.3. The number of hydrogen-bond acceptors (Lipinski definition) is 5. The summed E-state index contributed by atoms with van der Waals surface area (Å²) in [5.41, 5.74) is 4.01. The van der Waals surface area contributed by atoms with Crippen LogP contribution in [0.15, 0.2) is 36.4 Å². The van der Waals surface area contributed by atoms with E-state index in [-0.39, 0.29) is 6.61 Å². The van der Waals surface area contributed by atoms with Gasteiger partial charge in [0.2, 0.25) is 0 Å². The van der Waals surface area contributed by atoms with Crippen molar-refractivity contribution in [2.24, 2.45) is 0 Å². The molecule has 0 saturated heterocycles. The van der Waals surface area contributed by atoms with Crippen LogP contribution in [-0.4, -0.2) is 23.2 Å². The van der Waals surface area contributed by atoms with Gasteiger partial charge in [-0.25, -0.2) is 4.98 Å². The van der Waals surface area contributed by atoms with Crippen LogP contribution in [-0.2, 0) is 0 Å². The summed E-state index contributed by atoms with van der Waals surface area (Å²) in [5.74, 6) is 1.54. The van der Waals surface area contributed by atoms with Gasteiger partial charge in [-0.05, 0) is 55.3 Å². The minimum absolute atomic E-state index is 0.0584. The Morgan fingerprint density at radius 3 is 2.74 bits per heavy atom. The number of aromatic nitrogens is 2. The van der Waals surface area contributed by atoms with E-state index in [1.54, 1.807) is 24.3 Å². The minimum atomic E-state index is -0.0584. The highest BCUT2D eigenvalue weighted by Crippen LogP contribution is 2.30. The Labute approximate surface area is 157 Å². The summed E-state index contributed by atoms with van der Waals surface area (Å²) >= 11 is 0. The van der Waals surface area contributed by atoms with Gasteiger partial charge in [0.1, 0.15) is 18.0 Å². The molecule has 0 amide bonds. The molecule has 134 valence electrons. The van der Waals surface area contributed by atoms with Gasteiger partial charge in [-0.2, -0.15) is 10.5 Å². The number of ether oxygens (including phenoxy) is 2. The Hall–Kier alpha value is -3.77. The van der Waals surface area contributed by atoms with Crippen LogP contribution in [0, 0.1) is 29.6 Å². The second-order valence-electron chi connectivity index (χ2n) is 5.86. The first-order valence-electron chi connectivity index (χ1n) is 8.49. The average molecular weight is 358 g/mol. The van der Waals surface area contributed by atoms with Crippen molar-refractivity contribution in [2.75, 3.05) is 13.2 Å². The van der Waals surface area contributed by atoms with E-state index < -0.39 is 0 Å². The van der Waals surface area contributed by atoms with Crippen molar-refractivity contribution in [1.82, 2.24) is 9.97 Å². The van der Waals surface area contributed by atoms with E-state index in [4.69, 9.17) is 14.7 Å². The molecule has 2 aromatic carbocycles. The lowest BCUT2D eigenvalue weighted by Crippen LogP contribution is -1.99. The molecule has 6 heteroatoms. The molecule has 0 radical (unpaired) electrons. The van der Waals surface area contributed by atoms with E-state index in [1.165, 1.54) is 0 Å². The largest absolute Gasteiger partial charge is 0.490 e. The molecule has 0 fully saturated rings. The third kappa shape index (κ3) is 4.08. The number of nitrogens with zero attached hydrogens (tertiary/aromatic N) is 3. The first kappa shape index (κ1) is 18.0. The number of fused-ring (bicyclic) bond motifs is 1. The zero-order valence-corrected chi connectivity index (χ0v) is 15.1.